The van der Waals surface area contributed by atoms with Crippen molar-refractivity contribution >= 4 is 38.9 Å². The highest BCUT2D eigenvalue weighted by Crippen LogP contribution is 2.67. The van der Waals surface area contributed by atoms with Gasteiger partial charge >= 0.3 is 0 Å². The van der Waals surface area contributed by atoms with Gasteiger partial charge in [-0.2, -0.15) is 0 Å². The molecular formula is C74H56N2. The number of hydrogen-bond acceptors (Lipinski definition) is 1. The Hall–Kier alpha value is -8.72. The second-order valence-electron chi connectivity index (χ2n) is 22.8. The van der Waals surface area contributed by atoms with Crippen LogP contribution < -0.4 is 4.90 Å². The highest BCUT2D eigenvalue weighted by atomic mass is 15.1. The molecule has 4 atom stereocenters. The van der Waals surface area contributed by atoms with Crippen molar-refractivity contribution < 1.29 is 0 Å². The summed E-state index contributed by atoms with van der Waals surface area (Å²) in [5.74, 6) is 0.549. The fraction of sp³-hybridized carbons (Fsp3) is 0.135. The lowest BCUT2D eigenvalue weighted by molar-refractivity contribution is 0.465. The summed E-state index contributed by atoms with van der Waals surface area (Å²) in [7, 11) is 0. The van der Waals surface area contributed by atoms with Crippen molar-refractivity contribution in [3.05, 3.63) is 287 Å². The molecule has 76 heavy (non-hydrogen) atoms. The van der Waals surface area contributed by atoms with E-state index in [4.69, 9.17) is 0 Å². The first-order chi connectivity index (χ1) is 37.3. The Morgan fingerprint density at radius 3 is 1.79 bits per heavy atom. The van der Waals surface area contributed by atoms with Gasteiger partial charge in [-0.05, 0) is 145 Å². The summed E-state index contributed by atoms with van der Waals surface area (Å²) in [5, 5.41) is 2.54. The van der Waals surface area contributed by atoms with E-state index in [-0.39, 0.29) is 22.2 Å². The van der Waals surface area contributed by atoms with E-state index in [0.717, 1.165) is 12.1 Å². The summed E-state index contributed by atoms with van der Waals surface area (Å²) in [6, 6.07) is 83.5. The molecule has 0 saturated heterocycles. The van der Waals surface area contributed by atoms with E-state index in [9.17, 15) is 0 Å². The van der Waals surface area contributed by atoms with Crippen LogP contribution in [0.2, 0.25) is 0 Å². The minimum absolute atomic E-state index is 0.0995. The van der Waals surface area contributed by atoms with Gasteiger partial charge in [0, 0.05) is 55.9 Å². The molecule has 0 bridgehead atoms. The molecule has 2 nitrogen and oxygen atoms in total. The monoisotopic (exact) mass is 972 g/mol. The van der Waals surface area contributed by atoms with Crippen LogP contribution in [0.1, 0.15) is 84.5 Å². The zero-order chi connectivity index (χ0) is 50.7. The summed E-state index contributed by atoms with van der Waals surface area (Å²) in [4.78, 5) is 2.61. The second kappa shape index (κ2) is 15.7. The number of rotatable bonds is 6. The zero-order valence-corrected chi connectivity index (χ0v) is 43.4. The van der Waals surface area contributed by atoms with Gasteiger partial charge in [0.1, 0.15) is 0 Å². The third-order valence-corrected chi connectivity index (χ3v) is 19.0. The molecular weight excluding hydrogens is 917 g/mol. The van der Waals surface area contributed by atoms with Crippen LogP contribution in [0, 0.1) is 5.92 Å². The summed E-state index contributed by atoms with van der Waals surface area (Å²) >= 11 is 0. The number of benzene rings is 10. The Morgan fingerprint density at radius 2 is 1.03 bits per heavy atom. The Balaban J connectivity index is 0.908. The predicted octanol–water partition coefficient (Wildman–Crippen LogP) is 19.1. The summed E-state index contributed by atoms with van der Waals surface area (Å²) in [5.41, 5.74) is 28.2. The Bertz CT molecular complexity index is 4330. The summed E-state index contributed by atoms with van der Waals surface area (Å²) in [6.45, 7) is 9.55. The molecule has 0 saturated carbocycles. The first kappa shape index (κ1) is 43.7. The number of nitrogens with zero attached hydrogens (tertiary/aromatic N) is 2. The maximum Gasteiger partial charge on any atom is 0.0544 e. The van der Waals surface area contributed by atoms with E-state index in [1.807, 2.05) is 0 Å². The van der Waals surface area contributed by atoms with Crippen LogP contribution in [-0.2, 0) is 16.2 Å². The van der Waals surface area contributed by atoms with Gasteiger partial charge in [0.15, 0.2) is 0 Å². The molecule has 0 radical (unpaired) electrons. The van der Waals surface area contributed by atoms with Gasteiger partial charge in [-0.15, -0.1) is 0 Å². The van der Waals surface area contributed by atoms with Crippen molar-refractivity contribution in [2.75, 3.05) is 4.90 Å². The fourth-order valence-corrected chi connectivity index (χ4v) is 15.5. The van der Waals surface area contributed by atoms with Gasteiger partial charge in [0.25, 0.3) is 0 Å². The number of hydrogen-bond donors (Lipinski definition) is 0. The molecule has 1 aromatic heterocycles. The molecule has 10 aromatic carbocycles. The van der Waals surface area contributed by atoms with Crippen molar-refractivity contribution in [1.29, 1.82) is 0 Å². The van der Waals surface area contributed by atoms with Crippen molar-refractivity contribution in [3.8, 4) is 50.2 Å². The van der Waals surface area contributed by atoms with Gasteiger partial charge in [-0.3, -0.25) is 0 Å². The molecule has 16 rings (SSSR count). The van der Waals surface area contributed by atoms with E-state index >= 15 is 0 Å². The van der Waals surface area contributed by atoms with Crippen LogP contribution >= 0.6 is 0 Å². The van der Waals surface area contributed by atoms with Crippen LogP contribution in [0.25, 0.3) is 72.0 Å². The van der Waals surface area contributed by atoms with E-state index in [2.05, 4.69) is 280 Å². The van der Waals surface area contributed by atoms with Crippen molar-refractivity contribution in [3.63, 3.8) is 0 Å². The van der Waals surface area contributed by atoms with E-state index in [1.165, 1.54) is 128 Å². The number of para-hydroxylation sites is 1. The average Bonchev–Trinajstić information content (AvgIpc) is 4.25. The molecule has 362 valence electrons. The normalized spacial score (nSPS) is 20.3. The largest absolute Gasteiger partial charge is 0.309 e. The lowest BCUT2D eigenvalue weighted by atomic mass is 9.65. The number of fused-ring (bicyclic) bond motifs is 19. The van der Waals surface area contributed by atoms with Crippen molar-refractivity contribution in [2.24, 2.45) is 5.92 Å². The highest BCUT2D eigenvalue weighted by Gasteiger charge is 2.57. The Morgan fingerprint density at radius 1 is 0.434 bits per heavy atom. The third kappa shape index (κ3) is 5.56. The lowest BCUT2D eigenvalue weighted by Crippen LogP contribution is -2.33. The first-order valence-electron chi connectivity index (χ1n) is 27.4. The first-order valence-corrected chi connectivity index (χ1v) is 27.4. The SMILES string of the molecule is CCC1(C)c2ccccc2-c2c(N(c3ccc(-c4ccc5c(c4)c4cc6c(cc4n5-c4ccccc4)C(C)(C)c4ccccc4-6)cc3)c3cccc4c3-c3ccccc3C43c4ccccc4C4C=CC=CC43)cccc21. The molecule has 4 unspecified atom stereocenters. The Kier molecular flexibility index (Phi) is 9.00. The number of anilines is 3. The quantitative estimate of drug-likeness (QED) is 0.161. The van der Waals surface area contributed by atoms with Crippen LogP contribution in [0.5, 0.6) is 0 Å². The topological polar surface area (TPSA) is 8.17 Å². The molecule has 1 heterocycles. The molecule has 5 aliphatic rings. The maximum atomic E-state index is 2.61. The van der Waals surface area contributed by atoms with Gasteiger partial charge in [0.05, 0.1) is 27.8 Å². The second-order valence-corrected chi connectivity index (χ2v) is 22.8. The summed E-state index contributed by atoms with van der Waals surface area (Å²) < 4.78 is 2.47. The molecule has 0 fully saturated rings. The van der Waals surface area contributed by atoms with E-state index in [0.29, 0.717) is 5.92 Å². The molecule has 0 aliphatic heterocycles. The zero-order valence-electron chi connectivity index (χ0n) is 43.4. The van der Waals surface area contributed by atoms with Gasteiger partial charge in [-0.25, -0.2) is 0 Å². The summed E-state index contributed by atoms with van der Waals surface area (Å²) in [6.07, 6.45) is 10.5. The Labute approximate surface area is 445 Å². The van der Waals surface area contributed by atoms with Crippen LogP contribution in [0.15, 0.2) is 243 Å². The van der Waals surface area contributed by atoms with Crippen LogP contribution in [-0.4, -0.2) is 4.57 Å². The average molecular weight is 973 g/mol. The lowest BCUT2D eigenvalue weighted by Gasteiger charge is -2.36. The molecule has 11 aromatic rings. The molecule has 1 spiro atoms. The van der Waals surface area contributed by atoms with Crippen LogP contribution in [0.4, 0.5) is 17.1 Å². The van der Waals surface area contributed by atoms with Crippen molar-refractivity contribution in [2.45, 2.75) is 56.3 Å². The van der Waals surface area contributed by atoms with Gasteiger partial charge in [-0.1, -0.05) is 210 Å². The van der Waals surface area contributed by atoms with Crippen LogP contribution in [0.3, 0.4) is 0 Å². The maximum absolute atomic E-state index is 2.61. The van der Waals surface area contributed by atoms with Gasteiger partial charge in [0.2, 0.25) is 0 Å². The molecule has 2 heteroatoms. The molecule has 0 amide bonds. The fourth-order valence-electron chi connectivity index (χ4n) is 15.5. The molecule has 5 aliphatic carbocycles. The highest BCUT2D eigenvalue weighted by molar-refractivity contribution is 6.13. The predicted molar refractivity (Wildman–Crippen MR) is 317 cm³/mol. The smallest absolute Gasteiger partial charge is 0.0544 e. The third-order valence-electron chi connectivity index (χ3n) is 19.0. The minimum atomic E-state index is -0.339. The number of allylic oxidation sites excluding steroid dienone is 4. The minimum Gasteiger partial charge on any atom is -0.309 e. The van der Waals surface area contributed by atoms with Gasteiger partial charge < -0.3 is 9.47 Å². The number of aromatic nitrogens is 1. The standard InChI is InChI=1S/C74H56N2/c1-5-73(4)59-29-15-12-26-53(59)70-63(73)33-19-35-67(70)76(68-36-20-34-64-71(68)54-27-13-18-32-62(54)74(64)60-30-16-10-23-50(60)51-24-11-17-31-61(51)74)49-40-37-46(38-41-49)47-39-42-66-56(43-47)57-44-55-52-25-9-14-28-58(52)72(2,3)65(55)45-69(57)75(66)48-21-7-6-8-22-48/h6-45,50,60H,5H2,1-4H3. The molecule has 0 N–H and O–H groups in total. The van der Waals surface area contributed by atoms with E-state index in [1.54, 1.807) is 0 Å². The van der Waals surface area contributed by atoms with Crippen molar-refractivity contribution in [1.82, 2.24) is 4.57 Å². The van der Waals surface area contributed by atoms with E-state index < -0.39 is 0 Å².